The monoisotopic (exact) mass is 506 g/mol. The maximum absolute atomic E-state index is 4.44. The zero-order valence-electron chi connectivity index (χ0n) is 18.2. The van der Waals surface area contributed by atoms with Crippen LogP contribution in [0.1, 0.15) is 51.9 Å². The predicted octanol–water partition coefficient (Wildman–Crippen LogP) is 2.20. The zero-order valence-corrected chi connectivity index (χ0v) is 20.5. The number of piperazine rings is 1. The summed E-state index contributed by atoms with van der Waals surface area (Å²) in [4.78, 5) is 12.3. The molecule has 0 amide bonds. The molecule has 0 aromatic rings. The van der Waals surface area contributed by atoms with Crippen LogP contribution in [-0.4, -0.2) is 98.7 Å². The lowest BCUT2D eigenvalue weighted by molar-refractivity contribution is 0.136. The number of guanidine groups is 1. The minimum atomic E-state index is 0. The van der Waals surface area contributed by atoms with Crippen LogP contribution in [0.2, 0.25) is 0 Å². The Morgan fingerprint density at radius 3 is 2.36 bits per heavy atom. The molecule has 1 unspecified atom stereocenters. The first-order valence-corrected chi connectivity index (χ1v) is 11.4. The van der Waals surface area contributed by atoms with Crippen LogP contribution in [-0.2, 0) is 0 Å². The molecule has 0 radical (unpaired) electrons. The van der Waals surface area contributed by atoms with Gasteiger partial charge in [-0.2, -0.15) is 0 Å². The third-order valence-electron chi connectivity index (χ3n) is 6.73. The zero-order chi connectivity index (χ0) is 18.9. The van der Waals surface area contributed by atoms with E-state index in [9.17, 15) is 0 Å². The van der Waals surface area contributed by atoms with Gasteiger partial charge in [-0.05, 0) is 45.2 Å². The highest BCUT2D eigenvalue weighted by Crippen LogP contribution is 2.26. The largest absolute Gasteiger partial charge is 0.356 e. The van der Waals surface area contributed by atoms with Gasteiger partial charge in [-0.3, -0.25) is 9.89 Å². The molecule has 1 saturated carbocycles. The third-order valence-corrected chi connectivity index (χ3v) is 6.73. The maximum atomic E-state index is 4.44. The lowest BCUT2D eigenvalue weighted by Gasteiger charge is -2.34. The van der Waals surface area contributed by atoms with E-state index < -0.39 is 0 Å². The molecule has 2 saturated heterocycles. The summed E-state index contributed by atoms with van der Waals surface area (Å²) in [5.41, 5.74) is 0. The molecule has 3 aliphatic rings. The predicted molar refractivity (Wildman–Crippen MR) is 130 cm³/mol. The molecule has 0 bridgehead atoms. The van der Waals surface area contributed by atoms with E-state index in [1.807, 2.05) is 7.05 Å². The van der Waals surface area contributed by atoms with Gasteiger partial charge in [0.05, 0.1) is 0 Å². The molecule has 0 aromatic heterocycles. The first-order valence-electron chi connectivity index (χ1n) is 11.4. The summed E-state index contributed by atoms with van der Waals surface area (Å²) in [6.07, 6.45) is 9.41. The van der Waals surface area contributed by atoms with Gasteiger partial charge in [0.25, 0.3) is 0 Å². The third kappa shape index (κ3) is 7.61. The fourth-order valence-corrected chi connectivity index (χ4v) is 4.89. The topological polar surface area (TPSA) is 46.1 Å². The highest BCUT2D eigenvalue weighted by molar-refractivity contribution is 14.0. The second-order valence-electron chi connectivity index (χ2n) is 8.55. The summed E-state index contributed by atoms with van der Waals surface area (Å²) in [7, 11) is 1.90. The number of unbranched alkanes of at least 4 members (excludes halogenated alkanes) is 1. The van der Waals surface area contributed by atoms with E-state index in [0.717, 1.165) is 18.5 Å². The number of halogens is 1. The van der Waals surface area contributed by atoms with Crippen molar-refractivity contribution < 1.29 is 0 Å². The molecule has 0 spiro atoms. The lowest BCUT2D eigenvalue weighted by Crippen LogP contribution is -2.46. The van der Waals surface area contributed by atoms with Crippen LogP contribution in [0.25, 0.3) is 0 Å². The summed E-state index contributed by atoms with van der Waals surface area (Å²) < 4.78 is 0. The average Bonchev–Trinajstić information content (AvgIpc) is 3.39. The van der Waals surface area contributed by atoms with E-state index >= 15 is 0 Å². The molecule has 1 atom stereocenters. The number of likely N-dealkylation sites (N-methyl/N-ethyl adjacent to an activating group) is 1. The molecule has 2 aliphatic heterocycles. The number of likely N-dealkylation sites (tertiary alicyclic amines) is 1. The fraction of sp³-hybridized carbons (Fsp3) is 0.952. The molecular formula is C21H43IN6. The highest BCUT2D eigenvalue weighted by atomic mass is 127. The van der Waals surface area contributed by atoms with E-state index in [1.165, 1.54) is 97.3 Å². The van der Waals surface area contributed by atoms with E-state index in [-0.39, 0.29) is 24.0 Å². The van der Waals surface area contributed by atoms with Gasteiger partial charge < -0.3 is 20.4 Å². The maximum Gasteiger partial charge on any atom is 0.191 e. The lowest BCUT2D eigenvalue weighted by atomic mass is 10.2. The summed E-state index contributed by atoms with van der Waals surface area (Å²) in [5.74, 6) is 0.991. The van der Waals surface area contributed by atoms with Gasteiger partial charge in [0.15, 0.2) is 5.96 Å². The molecule has 164 valence electrons. The quantitative estimate of drug-likeness (QED) is 0.229. The van der Waals surface area contributed by atoms with Crippen molar-refractivity contribution in [1.82, 2.24) is 25.3 Å². The first kappa shape index (κ1) is 24.2. The van der Waals surface area contributed by atoms with E-state index in [0.29, 0.717) is 6.04 Å². The molecule has 3 fully saturated rings. The van der Waals surface area contributed by atoms with Crippen LogP contribution in [0.15, 0.2) is 4.99 Å². The van der Waals surface area contributed by atoms with Crippen molar-refractivity contribution in [2.24, 2.45) is 4.99 Å². The van der Waals surface area contributed by atoms with Crippen LogP contribution >= 0.6 is 24.0 Å². The average molecular weight is 507 g/mol. The first-order chi connectivity index (χ1) is 13.3. The number of hydrogen-bond donors (Lipinski definition) is 2. The smallest absolute Gasteiger partial charge is 0.191 e. The van der Waals surface area contributed by atoms with Gasteiger partial charge >= 0.3 is 0 Å². The molecule has 2 heterocycles. The van der Waals surface area contributed by atoms with Gasteiger partial charge in [0.2, 0.25) is 0 Å². The van der Waals surface area contributed by atoms with Crippen LogP contribution in [0.5, 0.6) is 0 Å². The standard InChI is InChI=1S/C21H42N6.HI/c1-3-25-14-16-26(17-15-25)12-7-6-11-23-21(22-2)24-19-10-13-27(18-19)20-8-4-5-9-20;/h19-20H,3-18H2,1-2H3,(H2,22,23,24);1H. The van der Waals surface area contributed by atoms with Gasteiger partial charge in [0.1, 0.15) is 0 Å². The fourth-order valence-electron chi connectivity index (χ4n) is 4.89. The van der Waals surface area contributed by atoms with Gasteiger partial charge in [-0.15, -0.1) is 24.0 Å². The highest BCUT2D eigenvalue weighted by Gasteiger charge is 2.30. The molecular weight excluding hydrogens is 463 g/mol. The summed E-state index contributed by atoms with van der Waals surface area (Å²) in [6, 6.07) is 1.41. The van der Waals surface area contributed by atoms with Crippen molar-refractivity contribution in [3.63, 3.8) is 0 Å². The second kappa shape index (κ2) is 13.2. The van der Waals surface area contributed by atoms with Crippen LogP contribution in [0.4, 0.5) is 0 Å². The Labute approximate surface area is 189 Å². The van der Waals surface area contributed by atoms with Crippen molar-refractivity contribution >= 4 is 29.9 Å². The van der Waals surface area contributed by atoms with E-state index in [1.54, 1.807) is 0 Å². The Hall–Kier alpha value is -0.120. The van der Waals surface area contributed by atoms with Crippen molar-refractivity contribution in [3.05, 3.63) is 0 Å². The Kier molecular flexibility index (Phi) is 11.4. The van der Waals surface area contributed by atoms with E-state index in [2.05, 4.69) is 37.2 Å². The van der Waals surface area contributed by atoms with Crippen molar-refractivity contribution in [2.45, 2.75) is 64.0 Å². The second-order valence-corrected chi connectivity index (χ2v) is 8.55. The summed E-state index contributed by atoms with van der Waals surface area (Å²) in [5, 5.41) is 7.18. The van der Waals surface area contributed by atoms with Gasteiger partial charge in [0, 0.05) is 64.9 Å². The number of rotatable bonds is 8. The van der Waals surface area contributed by atoms with Crippen molar-refractivity contribution in [2.75, 3.05) is 66.0 Å². The molecule has 0 aromatic carbocycles. The van der Waals surface area contributed by atoms with Gasteiger partial charge in [-0.25, -0.2) is 0 Å². The van der Waals surface area contributed by atoms with Crippen molar-refractivity contribution in [1.29, 1.82) is 0 Å². The molecule has 2 N–H and O–H groups in total. The van der Waals surface area contributed by atoms with Crippen molar-refractivity contribution in [3.8, 4) is 0 Å². The Bertz CT molecular complexity index is 446. The minimum absolute atomic E-state index is 0. The summed E-state index contributed by atoms with van der Waals surface area (Å²) >= 11 is 0. The molecule has 6 nitrogen and oxygen atoms in total. The number of aliphatic imine (C=N–C) groups is 1. The van der Waals surface area contributed by atoms with Crippen LogP contribution in [0.3, 0.4) is 0 Å². The van der Waals surface area contributed by atoms with Crippen LogP contribution in [0, 0.1) is 0 Å². The van der Waals surface area contributed by atoms with Crippen LogP contribution < -0.4 is 10.6 Å². The Balaban J connectivity index is 0.00000280. The number of nitrogens with one attached hydrogen (secondary N) is 2. The molecule has 1 aliphatic carbocycles. The molecule has 7 heteroatoms. The summed E-state index contributed by atoms with van der Waals surface area (Å²) in [6.45, 7) is 13.1. The molecule has 28 heavy (non-hydrogen) atoms. The Morgan fingerprint density at radius 1 is 0.964 bits per heavy atom. The van der Waals surface area contributed by atoms with E-state index in [4.69, 9.17) is 0 Å². The van der Waals surface area contributed by atoms with Gasteiger partial charge in [-0.1, -0.05) is 19.8 Å². The molecule has 3 rings (SSSR count). The normalized spacial score (nSPS) is 25.8. The Morgan fingerprint density at radius 2 is 1.68 bits per heavy atom. The number of hydrogen-bond acceptors (Lipinski definition) is 4. The number of nitrogens with zero attached hydrogens (tertiary/aromatic N) is 4. The SMILES string of the molecule is CCN1CCN(CCCCNC(=NC)NC2CCN(C3CCCC3)C2)CC1.I. The minimum Gasteiger partial charge on any atom is -0.356 e.